The van der Waals surface area contributed by atoms with Crippen molar-refractivity contribution in [2.24, 2.45) is 5.73 Å². The molecule has 0 aliphatic carbocycles. The van der Waals surface area contributed by atoms with Gasteiger partial charge in [-0.05, 0) is 6.07 Å². The van der Waals surface area contributed by atoms with E-state index in [-0.39, 0.29) is 11.3 Å². The minimum absolute atomic E-state index is 0.0324. The maximum absolute atomic E-state index is 10.9. The maximum atomic E-state index is 10.9. The smallest absolute Gasteiger partial charge is 0.331 e. The van der Waals surface area contributed by atoms with Crippen LogP contribution in [0.4, 0.5) is 5.69 Å². The Morgan fingerprint density at radius 3 is 2.41 bits per heavy atom. The van der Waals surface area contributed by atoms with E-state index in [1.807, 2.05) is 13.8 Å². The highest BCUT2D eigenvalue weighted by molar-refractivity contribution is 5.84. The van der Waals surface area contributed by atoms with E-state index in [1.54, 1.807) is 0 Å². The van der Waals surface area contributed by atoms with Crippen molar-refractivity contribution in [2.75, 3.05) is 0 Å². The van der Waals surface area contributed by atoms with E-state index in [9.17, 15) is 14.9 Å². The van der Waals surface area contributed by atoms with Crippen LogP contribution in [0.25, 0.3) is 4.85 Å². The molecule has 0 saturated carbocycles. The number of nitro benzene ring substituents is 1. The number of rotatable bonds is 3. The molecule has 0 heterocycles. The Balaban J connectivity index is 0.00000121. The van der Waals surface area contributed by atoms with Gasteiger partial charge in [-0.1, -0.05) is 26.0 Å². The quantitative estimate of drug-likeness (QED) is 0.494. The first-order chi connectivity index (χ1) is 8.07. The first-order valence-corrected chi connectivity index (χ1v) is 4.97. The van der Waals surface area contributed by atoms with Gasteiger partial charge in [-0.3, -0.25) is 19.8 Å². The lowest BCUT2D eigenvalue weighted by molar-refractivity contribution is -0.385. The summed E-state index contributed by atoms with van der Waals surface area (Å²) in [6.45, 7) is 10.8. The Labute approximate surface area is 99.0 Å². The Bertz CT molecular complexity index is 452. The molecule has 17 heavy (non-hydrogen) atoms. The Morgan fingerprint density at radius 2 is 2.00 bits per heavy atom. The van der Waals surface area contributed by atoms with Gasteiger partial charge in [-0.15, -0.1) is 0 Å². The molecule has 1 aromatic rings. The highest BCUT2D eigenvalue weighted by Crippen LogP contribution is 2.26. The zero-order valence-electron chi connectivity index (χ0n) is 9.58. The second-order valence-corrected chi connectivity index (χ2v) is 2.75. The second-order valence-electron chi connectivity index (χ2n) is 2.75. The molecule has 1 rings (SSSR count). The van der Waals surface area contributed by atoms with Crippen LogP contribution in [0.2, 0.25) is 0 Å². The normalized spacial score (nSPS) is 10.4. The lowest BCUT2D eigenvalue weighted by Gasteiger charge is -2.01. The summed E-state index contributed by atoms with van der Waals surface area (Å²) < 4.78 is 0. The summed E-state index contributed by atoms with van der Waals surface area (Å²) in [4.78, 5) is 23.8. The molecule has 1 unspecified atom stereocenters. The number of amides is 1. The Morgan fingerprint density at radius 1 is 1.47 bits per heavy atom. The fourth-order valence-corrected chi connectivity index (χ4v) is 1.17. The molecule has 0 saturated heterocycles. The molecule has 1 atom stereocenters. The number of nitrogens with zero attached hydrogens (tertiary/aromatic N) is 2. The van der Waals surface area contributed by atoms with Crippen molar-refractivity contribution in [1.82, 2.24) is 0 Å². The zero-order chi connectivity index (χ0) is 13.4. The van der Waals surface area contributed by atoms with Gasteiger partial charge in [0.2, 0.25) is 0 Å². The molecular formula is C11H13N3O3. The van der Waals surface area contributed by atoms with Crippen molar-refractivity contribution in [3.8, 4) is 0 Å². The number of benzene rings is 1. The summed E-state index contributed by atoms with van der Waals surface area (Å²) in [5.74, 6) is -0.890. The molecule has 90 valence electrons. The fourth-order valence-electron chi connectivity index (χ4n) is 1.17. The molecule has 6 nitrogen and oxygen atoms in total. The van der Waals surface area contributed by atoms with Gasteiger partial charge in [0.15, 0.2) is 0 Å². The summed E-state index contributed by atoms with van der Waals surface area (Å²) in [5.41, 5.74) is 4.74. The van der Waals surface area contributed by atoms with Gasteiger partial charge in [-0.25, -0.2) is 6.57 Å². The van der Waals surface area contributed by atoms with Crippen LogP contribution in [0.3, 0.4) is 0 Å². The van der Waals surface area contributed by atoms with Crippen LogP contribution >= 0.6 is 0 Å². The predicted octanol–water partition coefficient (Wildman–Crippen LogP) is 2.07. The van der Waals surface area contributed by atoms with Crippen molar-refractivity contribution in [2.45, 2.75) is 19.9 Å². The zero-order valence-corrected chi connectivity index (χ0v) is 9.58. The number of hydrogen-bond acceptors (Lipinski definition) is 3. The number of nitrogens with two attached hydrogens (primary N) is 1. The number of para-hydroxylation sites is 1. The monoisotopic (exact) mass is 235 g/mol. The van der Waals surface area contributed by atoms with Crippen LogP contribution in [-0.2, 0) is 4.79 Å². The molecular weight excluding hydrogens is 222 g/mol. The first-order valence-electron chi connectivity index (χ1n) is 4.97. The van der Waals surface area contributed by atoms with Crippen LogP contribution in [0.15, 0.2) is 24.3 Å². The van der Waals surface area contributed by atoms with Gasteiger partial charge < -0.3 is 5.73 Å². The van der Waals surface area contributed by atoms with Crippen LogP contribution < -0.4 is 5.73 Å². The van der Waals surface area contributed by atoms with Gasteiger partial charge >= 0.3 is 11.9 Å². The number of carbonyl (C=O) groups is 1. The van der Waals surface area contributed by atoms with Crippen molar-refractivity contribution >= 4 is 11.6 Å². The average molecular weight is 235 g/mol. The van der Waals surface area contributed by atoms with Crippen LogP contribution in [-0.4, -0.2) is 10.8 Å². The summed E-state index contributed by atoms with van der Waals surface area (Å²) >= 11 is 0. The summed E-state index contributed by atoms with van der Waals surface area (Å²) in [5, 5.41) is 10.6. The van der Waals surface area contributed by atoms with E-state index in [0.29, 0.717) is 0 Å². The van der Waals surface area contributed by atoms with E-state index in [4.69, 9.17) is 12.3 Å². The third-order valence-corrected chi connectivity index (χ3v) is 1.83. The van der Waals surface area contributed by atoms with E-state index < -0.39 is 16.9 Å². The molecule has 0 fully saturated rings. The molecule has 6 heteroatoms. The second kappa shape index (κ2) is 6.95. The molecule has 2 N–H and O–H groups in total. The van der Waals surface area contributed by atoms with Crippen molar-refractivity contribution < 1.29 is 9.72 Å². The van der Waals surface area contributed by atoms with Crippen molar-refractivity contribution in [3.05, 3.63) is 51.4 Å². The fraction of sp³-hybridized carbons (Fsp3) is 0.273. The van der Waals surface area contributed by atoms with E-state index in [1.165, 1.54) is 24.3 Å². The summed E-state index contributed by atoms with van der Waals surface area (Å²) in [6, 6.07) is 4.27. The van der Waals surface area contributed by atoms with E-state index in [2.05, 4.69) is 4.85 Å². The highest BCUT2D eigenvalue weighted by Gasteiger charge is 2.30. The SMILES string of the molecule is CC.[C-]#[N+]C(C(N)=O)c1ccccc1[N+](=O)[O-]. The van der Waals surface area contributed by atoms with Gasteiger partial charge in [-0.2, -0.15) is 0 Å². The highest BCUT2D eigenvalue weighted by atomic mass is 16.6. The number of carbonyl (C=O) groups excluding carboxylic acids is 1. The summed E-state index contributed by atoms with van der Waals surface area (Å²) in [6.07, 6.45) is 0. The average Bonchev–Trinajstić information content (AvgIpc) is 2.32. The molecule has 0 bridgehead atoms. The van der Waals surface area contributed by atoms with Gasteiger partial charge in [0.25, 0.3) is 5.69 Å². The topological polar surface area (TPSA) is 90.6 Å². The first kappa shape index (κ1) is 14.6. The lowest BCUT2D eigenvalue weighted by Crippen LogP contribution is -2.19. The number of hydrogen-bond donors (Lipinski definition) is 1. The van der Waals surface area contributed by atoms with E-state index >= 15 is 0 Å². The standard InChI is InChI=1S/C9H7N3O3.C2H6/c1-11-8(9(10)13)6-4-2-3-5-7(6)12(14)15;1-2/h2-5,8H,(H2,10,13);1-2H3. The number of nitro groups is 1. The molecule has 0 spiro atoms. The predicted molar refractivity (Wildman–Crippen MR) is 63.0 cm³/mol. The molecule has 0 aromatic heterocycles. The minimum atomic E-state index is -1.30. The molecule has 0 aliphatic heterocycles. The lowest BCUT2D eigenvalue weighted by atomic mass is 10.1. The minimum Gasteiger partial charge on any atom is -0.363 e. The van der Waals surface area contributed by atoms with Gasteiger partial charge in [0.05, 0.1) is 4.92 Å². The van der Waals surface area contributed by atoms with Crippen LogP contribution in [0.1, 0.15) is 25.5 Å². The van der Waals surface area contributed by atoms with Gasteiger partial charge in [0, 0.05) is 6.07 Å². The Kier molecular flexibility index (Phi) is 5.96. The Hall–Kier alpha value is -2.42. The molecule has 1 amide bonds. The number of primary amides is 1. The molecule has 0 aliphatic rings. The summed E-state index contributed by atoms with van der Waals surface area (Å²) in [7, 11) is 0. The van der Waals surface area contributed by atoms with Crippen molar-refractivity contribution in [3.63, 3.8) is 0 Å². The molecule has 0 radical (unpaired) electrons. The third-order valence-electron chi connectivity index (χ3n) is 1.83. The van der Waals surface area contributed by atoms with Gasteiger partial charge in [0.1, 0.15) is 5.56 Å². The largest absolute Gasteiger partial charge is 0.363 e. The van der Waals surface area contributed by atoms with E-state index in [0.717, 1.165) is 0 Å². The molecule has 1 aromatic carbocycles. The maximum Gasteiger partial charge on any atom is 0.331 e. The third kappa shape index (κ3) is 3.57. The van der Waals surface area contributed by atoms with Crippen LogP contribution in [0, 0.1) is 16.7 Å². The van der Waals surface area contributed by atoms with Crippen LogP contribution in [0.5, 0.6) is 0 Å². The van der Waals surface area contributed by atoms with Crippen molar-refractivity contribution in [1.29, 1.82) is 0 Å².